The van der Waals surface area contributed by atoms with Crippen LogP contribution in [0.4, 0.5) is 0 Å². The van der Waals surface area contributed by atoms with Crippen LogP contribution in [0, 0.1) is 0 Å². The first kappa shape index (κ1) is 31.7. The van der Waals surface area contributed by atoms with Crippen molar-refractivity contribution in [3.05, 3.63) is 53.9 Å². The van der Waals surface area contributed by atoms with Crippen LogP contribution >= 0.6 is 0 Å². The summed E-state index contributed by atoms with van der Waals surface area (Å²) in [6, 6.07) is 13.9. The molecule has 1 aromatic heterocycles. The average molecular weight is 584 g/mol. The highest BCUT2D eigenvalue weighted by Crippen LogP contribution is 2.33. The first-order valence-corrected chi connectivity index (χ1v) is 14.8. The number of carbonyl (C=O) groups excluding carboxylic acids is 1. The third-order valence-electron chi connectivity index (χ3n) is 7.23. The number of amides is 1. The lowest BCUT2D eigenvalue weighted by Gasteiger charge is -2.28. The number of aromatic amines is 1. The molecule has 0 bridgehead atoms. The maximum absolute atomic E-state index is 12.5. The number of fused-ring (bicyclic) bond motifs is 1. The highest BCUT2D eigenvalue weighted by Gasteiger charge is 2.25. The Morgan fingerprint density at radius 2 is 1.57 bits per heavy atom. The van der Waals surface area contributed by atoms with E-state index in [-0.39, 0.29) is 11.9 Å². The Balaban J connectivity index is 1.10. The van der Waals surface area contributed by atoms with Crippen LogP contribution in [0.25, 0.3) is 11.0 Å². The van der Waals surface area contributed by atoms with Gasteiger partial charge in [0, 0.05) is 31.1 Å². The third kappa shape index (κ3) is 10.6. The lowest BCUT2D eigenvalue weighted by Crippen LogP contribution is -2.41. The highest BCUT2D eigenvalue weighted by atomic mass is 16.6. The zero-order chi connectivity index (χ0) is 29.4. The second-order valence-electron chi connectivity index (χ2n) is 10.3. The van der Waals surface area contributed by atoms with E-state index in [1.165, 1.54) is 0 Å². The van der Waals surface area contributed by atoms with E-state index in [9.17, 15) is 4.79 Å². The number of hydrogen-bond donors (Lipinski definition) is 4. The Morgan fingerprint density at radius 3 is 2.26 bits per heavy atom. The molecule has 0 spiro atoms. The smallest absolute Gasteiger partial charge is 0.234 e. The van der Waals surface area contributed by atoms with Crippen molar-refractivity contribution in [3.63, 3.8) is 0 Å². The molecule has 0 aliphatic heterocycles. The number of nitrogens with zero attached hydrogens (tertiary/aromatic N) is 1. The second kappa shape index (κ2) is 17.7. The number of nitrogens with one attached hydrogen (secondary N) is 3. The number of benzene rings is 2. The van der Waals surface area contributed by atoms with E-state index in [0.29, 0.717) is 71.8 Å². The van der Waals surface area contributed by atoms with Crippen LogP contribution in [-0.4, -0.2) is 88.4 Å². The summed E-state index contributed by atoms with van der Waals surface area (Å²) in [6.45, 7) is 5.06. The van der Waals surface area contributed by atoms with E-state index in [1.807, 2.05) is 42.5 Å². The molecule has 2 aromatic carbocycles. The molecule has 1 fully saturated rings. The predicted molar refractivity (Wildman–Crippen MR) is 161 cm³/mol. The number of methoxy groups -OCH3 is 1. The van der Waals surface area contributed by atoms with E-state index in [1.54, 1.807) is 7.11 Å². The molecule has 1 amide bonds. The summed E-state index contributed by atoms with van der Waals surface area (Å²) in [5.74, 6) is 2.99. The molecule has 42 heavy (non-hydrogen) atoms. The molecule has 11 nitrogen and oxygen atoms in total. The van der Waals surface area contributed by atoms with Gasteiger partial charge in [-0.05, 0) is 55.5 Å². The monoisotopic (exact) mass is 583 g/mol. The molecule has 0 saturated heterocycles. The predicted octanol–water partition coefficient (Wildman–Crippen LogP) is 2.89. The molecule has 5 N–H and O–H groups in total. The SMILES string of the molecule is COc1ccc(CNCC(=O)NC2CCC(c3nc4ccc(OCCOCCOCCOCCN)cc4[nH]3)CC2)cc1. The van der Waals surface area contributed by atoms with Gasteiger partial charge in [0.2, 0.25) is 5.91 Å². The summed E-state index contributed by atoms with van der Waals surface area (Å²) in [6.07, 6.45) is 3.84. The molecule has 1 aliphatic carbocycles. The maximum Gasteiger partial charge on any atom is 0.234 e. The zero-order valence-corrected chi connectivity index (χ0v) is 24.6. The van der Waals surface area contributed by atoms with Crippen LogP contribution in [0.15, 0.2) is 42.5 Å². The standard InChI is InChI=1S/C31H45N5O6/c1-38-26-8-2-23(3-9-26)21-33-22-30(37)34-25-6-4-24(5-7-25)31-35-28-11-10-27(20-29(28)36-31)42-19-18-41-17-16-40-15-14-39-13-12-32/h2-3,8-11,20,24-25,33H,4-7,12-19,21-22,32H2,1H3,(H,34,37)(H,35,36). The fraction of sp³-hybridized carbons (Fsp3) is 0.548. The summed E-state index contributed by atoms with van der Waals surface area (Å²) in [4.78, 5) is 20.8. The minimum Gasteiger partial charge on any atom is -0.497 e. The number of imidazole rings is 1. The average Bonchev–Trinajstić information content (AvgIpc) is 3.44. The Morgan fingerprint density at radius 1 is 0.905 bits per heavy atom. The summed E-state index contributed by atoms with van der Waals surface area (Å²) >= 11 is 0. The van der Waals surface area contributed by atoms with Gasteiger partial charge in [0.05, 0.1) is 64.3 Å². The van der Waals surface area contributed by atoms with Crippen LogP contribution in [0.5, 0.6) is 11.5 Å². The van der Waals surface area contributed by atoms with Crippen molar-refractivity contribution in [3.8, 4) is 11.5 Å². The molecule has 1 heterocycles. The quantitative estimate of drug-likeness (QED) is 0.157. The number of ether oxygens (including phenoxy) is 5. The molecule has 0 atom stereocenters. The molecule has 1 aliphatic rings. The number of rotatable bonds is 19. The van der Waals surface area contributed by atoms with Gasteiger partial charge in [-0.15, -0.1) is 0 Å². The van der Waals surface area contributed by atoms with Crippen molar-refractivity contribution in [2.24, 2.45) is 5.73 Å². The number of aromatic nitrogens is 2. The summed E-state index contributed by atoms with van der Waals surface area (Å²) in [5, 5.41) is 6.40. The number of hydrogen-bond acceptors (Lipinski definition) is 9. The van der Waals surface area contributed by atoms with Gasteiger partial charge in [0.15, 0.2) is 0 Å². The van der Waals surface area contributed by atoms with Gasteiger partial charge >= 0.3 is 0 Å². The van der Waals surface area contributed by atoms with Crippen LogP contribution in [0.2, 0.25) is 0 Å². The van der Waals surface area contributed by atoms with Crippen molar-refractivity contribution >= 4 is 16.9 Å². The minimum absolute atomic E-state index is 0.0334. The van der Waals surface area contributed by atoms with Gasteiger partial charge < -0.3 is 45.0 Å². The molecule has 11 heteroatoms. The van der Waals surface area contributed by atoms with Crippen molar-refractivity contribution in [2.75, 3.05) is 66.4 Å². The van der Waals surface area contributed by atoms with Crippen LogP contribution < -0.4 is 25.8 Å². The summed E-state index contributed by atoms with van der Waals surface area (Å²) in [5.41, 5.74) is 8.37. The van der Waals surface area contributed by atoms with E-state index in [4.69, 9.17) is 34.4 Å². The second-order valence-corrected chi connectivity index (χ2v) is 10.3. The first-order valence-electron chi connectivity index (χ1n) is 14.8. The van der Waals surface area contributed by atoms with Gasteiger partial charge in [-0.25, -0.2) is 4.98 Å². The number of nitrogens with two attached hydrogens (primary N) is 1. The molecule has 1 saturated carbocycles. The molecular weight excluding hydrogens is 538 g/mol. The Hall–Kier alpha value is -3.22. The maximum atomic E-state index is 12.5. The van der Waals surface area contributed by atoms with Crippen LogP contribution in [0.3, 0.4) is 0 Å². The fourth-order valence-corrected chi connectivity index (χ4v) is 4.99. The molecule has 0 radical (unpaired) electrons. The molecule has 0 unspecified atom stereocenters. The summed E-state index contributed by atoms with van der Waals surface area (Å²) < 4.78 is 27.3. The lowest BCUT2D eigenvalue weighted by molar-refractivity contribution is -0.121. The highest BCUT2D eigenvalue weighted by molar-refractivity contribution is 5.78. The van der Waals surface area contributed by atoms with Crippen molar-refractivity contribution in [2.45, 2.75) is 44.2 Å². The molecular formula is C31H45N5O6. The van der Waals surface area contributed by atoms with Crippen LogP contribution in [-0.2, 0) is 25.5 Å². The first-order chi connectivity index (χ1) is 20.6. The van der Waals surface area contributed by atoms with Crippen molar-refractivity contribution < 1.29 is 28.5 Å². The Kier molecular flexibility index (Phi) is 13.3. The largest absolute Gasteiger partial charge is 0.497 e. The topological polar surface area (TPSA) is 142 Å². The molecule has 230 valence electrons. The lowest BCUT2D eigenvalue weighted by atomic mass is 9.85. The molecule has 4 rings (SSSR count). The molecule has 3 aromatic rings. The van der Waals surface area contributed by atoms with Gasteiger partial charge in [-0.1, -0.05) is 12.1 Å². The van der Waals surface area contributed by atoms with Gasteiger partial charge in [0.1, 0.15) is 23.9 Å². The van der Waals surface area contributed by atoms with E-state index in [0.717, 1.165) is 59.6 Å². The summed E-state index contributed by atoms with van der Waals surface area (Å²) in [7, 11) is 1.65. The van der Waals surface area contributed by atoms with Gasteiger partial charge in [-0.2, -0.15) is 0 Å². The zero-order valence-electron chi connectivity index (χ0n) is 24.6. The Bertz CT molecular complexity index is 1200. The van der Waals surface area contributed by atoms with Crippen molar-refractivity contribution in [1.29, 1.82) is 0 Å². The number of carbonyl (C=O) groups is 1. The van der Waals surface area contributed by atoms with Crippen LogP contribution in [0.1, 0.15) is 43.0 Å². The van der Waals surface area contributed by atoms with E-state index >= 15 is 0 Å². The van der Waals surface area contributed by atoms with E-state index < -0.39 is 0 Å². The normalized spacial score (nSPS) is 16.9. The minimum atomic E-state index is 0.0334. The van der Waals surface area contributed by atoms with Gasteiger partial charge in [0.25, 0.3) is 0 Å². The third-order valence-corrected chi connectivity index (χ3v) is 7.23. The van der Waals surface area contributed by atoms with E-state index in [2.05, 4.69) is 15.6 Å². The van der Waals surface area contributed by atoms with Crippen molar-refractivity contribution in [1.82, 2.24) is 20.6 Å². The Labute approximate surface area is 247 Å². The number of H-pyrrole nitrogens is 1. The van der Waals surface area contributed by atoms with Gasteiger partial charge in [-0.3, -0.25) is 4.79 Å². The fourth-order valence-electron chi connectivity index (χ4n) is 4.99.